The zero-order chi connectivity index (χ0) is 10.1. The smallest absolute Gasteiger partial charge is 0.137 e. The first kappa shape index (κ1) is 10.1. The third-order valence-corrected chi connectivity index (χ3v) is 3.26. The van der Waals surface area contributed by atoms with Crippen molar-refractivity contribution in [3.63, 3.8) is 0 Å². The van der Waals surface area contributed by atoms with E-state index in [-0.39, 0.29) is 11.9 Å². The normalized spacial score (nSPS) is 18.2. The van der Waals surface area contributed by atoms with Gasteiger partial charge in [-0.15, -0.1) is 0 Å². The van der Waals surface area contributed by atoms with Gasteiger partial charge in [-0.3, -0.25) is 0 Å². The van der Waals surface area contributed by atoms with Gasteiger partial charge in [-0.2, -0.15) is 0 Å². The summed E-state index contributed by atoms with van der Waals surface area (Å²) in [5.74, 6) is 0.571. The van der Waals surface area contributed by atoms with E-state index >= 15 is 0 Å². The Labute approximate surface area is 91.6 Å². The van der Waals surface area contributed by atoms with E-state index in [2.05, 4.69) is 15.9 Å². The summed E-state index contributed by atoms with van der Waals surface area (Å²) in [6.45, 7) is 0. The maximum Gasteiger partial charge on any atom is 0.137 e. The lowest BCUT2D eigenvalue weighted by molar-refractivity contribution is 0.589. The molecule has 0 aliphatic heterocycles. The molecule has 76 valence electrons. The van der Waals surface area contributed by atoms with Gasteiger partial charge in [0.05, 0.1) is 4.47 Å². The molecule has 0 heterocycles. The molecule has 2 N–H and O–H groups in total. The molecule has 0 unspecified atom stereocenters. The minimum absolute atomic E-state index is 0.0550. The summed E-state index contributed by atoms with van der Waals surface area (Å²) in [7, 11) is 0. The molecule has 0 amide bonds. The van der Waals surface area contributed by atoms with Crippen LogP contribution < -0.4 is 5.73 Å². The first-order valence-electron chi connectivity index (χ1n) is 4.87. The molecule has 0 bridgehead atoms. The Hall–Kier alpha value is -0.410. The van der Waals surface area contributed by atoms with Gasteiger partial charge >= 0.3 is 0 Å². The Morgan fingerprint density at radius 3 is 2.79 bits per heavy atom. The second-order valence-corrected chi connectivity index (χ2v) is 4.81. The standard InChI is InChI=1S/C11H13BrFN/c12-9-6-8(3-4-10(9)13)11(14)5-7-1-2-7/h3-4,6-7,11H,1-2,5,14H2/t11-/m0/s1. The Balaban J connectivity index is 2.10. The Morgan fingerprint density at radius 2 is 2.21 bits per heavy atom. The third kappa shape index (κ3) is 2.34. The van der Waals surface area contributed by atoms with Gasteiger partial charge in [-0.25, -0.2) is 4.39 Å². The van der Waals surface area contributed by atoms with E-state index in [9.17, 15) is 4.39 Å². The SMILES string of the molecule is N[C@@H](CC1CC1)c1ccc(F)c(Br)c1. The minimum atomic E-state index is -0.229. The van der Waals surface area contributed by atoms with Crippen LogP contribution in [0.3, 0.4) is 0 Å². The molecule has 14 heavy (non-hydrogen) atoms. The molecule has 3 heteroatoms. The van der Waals surface area contributed by atoms with E-state index in [0.717, 1.165) is 17.9 Å². The minimum Gasteiger partial charge on any atom is -0.324 e. The van der Waals surface area contributed by atoms with E-state index in [0.29, 0.717) is 4.47 Å². The molecular weight excluding hydrogens is 245 g/mol. The molecule has 0 saturated heterocycles. The van der Waals surface area contributed by atoms with E-state index in [1.807, 2.05) is 0 Å². The second kappa shape index (κ2) is 3.99. The van der Waals surface area contributed by atoms with E-state index in [4.69, 9.17) is 5.73 Å². The average Bonchev–Trinajstić information content (AvgIpc) is 2.93. The van der Waals surface area contributed by atoms with Gasteiger partial charge in [-0.05, 0) is 46.0 Å². The van der Waals surface area contributed by atoms with Crippen LogP contribution in [-0.2, 0) is 0 Å². The molecule has 1 nitrogen and oxygen atoms in total. The van der Waals surface area contributed by atoms with Crippen LogP contribution in [0.5, 0.6) is 0 Å². The van der Waals surface area contributed by atoms with Crippen LogP contribution in [0.25, 0.3) is 0 Å². The van der Waals surface area contributed by atoms with Crippen LogP contribution in [-0.4, -0.2) is 0 Å². The largest absolute Gasteiger partial charge is 0.324 e. The summed E-state index contributed by atoms with van der Waals surface area (Å²) in [4.78, 5) is 0. The summed E-state index contributed by atoms with van der Waals surface area (Å²) >= 11 is 3.17. The van der Waals surface area contributed by atoms with E-state index in [1.54, 1.807) is 12.1 Å². The lowest BCUT2D eigenvalue weighted by Crippen LogP contribution is -2.11. The molecule has 1 aliphatic rings. The van der Waals surface area contributed by atoms with Crippen LogP contribution in [0, 0.1) is 11.7 Å². The van der Waals surface area contributed by atoms with Crippen molar-refractivity contribution < 1.29 is 4.39 Å². The Morgan fingerprint density at radius 1 is 1.50 bits per heavy atom. The van der Waals surface area contributed by atoms with Gasteiger partial charge in [0, 0.05) is 6.04 Å². The first-order chi connectivity index (χ1) is 6.66. The summed E-state index contributed by atoms with van der Waals surface area (Å²) in [5, 5.41) is 0. The fourth-order valence-electron chi connectivity index (χ4n) is 1.59. The van der Waals surface area contributed by atoms with Gasteiger partial charge in [-0.1, -0.05) is 18.9 Å². The molecule has 2 rings (SSSR count). The number of rotatable bonds is 3. The lowest BCUT2D eigenvalue weighted by Gasteiger charge is -2.11. The predicted molar refractivity (Wildman–Crippen MR) is 58.4 cm³/mol. The van der Waals surface area contributed by atoms with Gasteiger partial charge < -0.3 is 5.73 Å². The van der Waals surface area contributed by atoms with Crippen molar-refractivity contribution in [3.8, 4) is 0 Å². The van der Waals surface area contributed by atoms with Crippen molar-refractivity contribution in [1.82, 2.24) is 0 Å². The first-order valence-corrected chi connectivity index (χ1v) is 5.66. The predicted octanol–water partition coefficient (Wildman–Crippen LogP) is 3.39. The molecule has 0 aromatic heterocycles. The van der Waals surface area contributed by atoms with Crippen LogP contribution in [0.1, 0.15) is 30.9 Å². The lowest BCUT2D eigenvalue weighted by atomic mass is 10.0. The molecule has 1 fully saturated rings. The van der Waals surface area contributed by atoms with Crippen LogP contribution in [0.15, 0.2) is 22.7 Å². The number of hydrogen-bond acceptors (Lipinski definition) is 1. The number of hydrogen-bond donors (Lipinski definition) is 1. The van der Waals surface area contributed by atoms with Crippen molar-refractivity contribution in [1.29, 1.82) is 0 Å². The summed E-state index contributed by atoms with van der Waals surface area (Å²) < 4.78 is 13.5. The molecule has 1 aromatic rings. The van der Waals surface area contributed by atoms with Gasteiger partial charge in [0.1, 0.15) is 5.82 Å². The molecule has 1 atom stereocenters. The van der Waals surface area contributed by atoms with Crippen LogP contribution >= 0.6 is 15.9 Å². The Kier molecular flexibility index (Phi) is 2.88. The van der Waals surface area contributed by atoms with Crippen molar-refractivity contribution in [3.05, 3.63) is 34.1 Å². The topological polar surface area (TPSA) is 26.0 Å². The van der Waals surface area contributed by atoms with E-state index in [1.165, 1.54) is 18.9 Å². The number of halogens is 2. The third-order valence-electron chi connectivity index (χ3n) is 2.66. The molecule has 1 aliphatic carbocycles. The van der Waals surface area contributed by atoms with Crippen molar-refractivity contribution in [2.75, 3.05) is 0 Å². The van der Waals surface area contributed by atoms with Gasteiger partial charge in [0.15, 0.2) is 0 Å². The molecule has 1 aromatic carbocycles. The summed E-state index contributed by atoms with van der Waals surface area (Å²) in [6, 6.07) is 5.07. The van der Waals surface area contributed by atoms with Gasteiger partial charge in [0.2, 0.25) is 0 Å². The highest BCUT2D eigenvalue weighted by Crippen LogP contribution is 2.37. The summed E-state index contributed by atoms with van der Waals surface area (Å²) in [5.41, 5.74) is 7.03. The monoisotopic (exact) mass is 257 g/mol. The maximum atomic E-state index is 12.9. The molecular formula is C11H13BrFN. The highest BCUT2D eigenvalue weighted by Gasteiger charge is 2.24. The highest BCUT2D eigenvalue weighted by molar-refractivity contribution is 9.10. The summed E-state index contributed by atoms with van der Waals surface area (Å²) in [6.07, 6.45) is 3.63. The average molecular weight is 258 g/mol. The zero-order valence-corrected chi connectivity index (χ0v) is 9.43. The quantitative estimate of drug-likeness (QED) is 0.883. The Bertz CT molecular complexity index is 336. The van der Waals surface area contributed by atoms with Crippen LogP contribution in [0.4, 0.5) is 4.39 Å². The zero-order valence-electron chi connectivity index (χ0n) is 7.84. The second-order valence-electron chi connectivity index (χ2n) is 3.96. The highest BCUT2D eigenvalue weighted by atomic mass is 79.9. The maximum absolute atomic E-state index is 12.9. The molecule has 1 saturated carbocycles. The van der Waals surface area contributed by atoms with Crippen molar-refractivity contribution in [2.24, 2.45) is 11.7 Å². The number of nitrogens with two attached hydrogens (primary N) is 1. The number of benzene rings is 1. The van der Waals surface area contributed by atoms with Crippen molar-refractivity contribution in [2.45, 2.75) is 25.3 Å². The molecule has 0 spiro atoms. The molecule has 0 radical (unpaired) electrons. The fraction of sp³-hybridized carbons (Fsp3) is 0.455. The fourth-order valence-corrected chi connectivity index (χ4v) is 1.99. The van der Waals surface area contributed by atoms with Crippen molar-refractivity contribution >= 4 is 15.9 Å². The van der Waals surface area contributed by atoms with Gasteiger partial charge in [0.25, 0.3) is 0 Å². The van der Waals surface area contributed by atoms with Crippen LogP contribution in [0.2, 0.25) is 0 Å². The van der Waals surface area contributed by atoms with E-state index < -0.39 is 0 Å².